The van der Waals surface area contributed by atoms with Crippen LogP contribution in [0.25, 0.3) is 0 Å². The third kappa shape index (κ3) is 4.56. The van der Waals surface area contributed by atoms with E-state index >= 15 is 0 Å². The second kappa shape index (κ2) is 7.33. The van der Waals surface area contributed by atoms with Gasteiger partial charge in [0.2, 0.25) is 0 Å². The van der Waals surface area contributed by atoms with Crippen LogP contribution in [-0.2, 0) is 10.0 Å². The molecule has 11 heteroatoms. The molecule has 1 amide bonds. The first-order valence-electron chi connectivity index (χ1n) is 5.79. The van der Waals surface area contributed by atoms with Gasteiger partial charge in [0.25, 0.3) is 15.9 Å². The van der Waals surface area contributed by atoms with Gasteiger partial charge in [-0.05, 0) is 40.2 Å². The van der Waals surface area contributed by atoms with Crippen molar-refractivity contribution in [2.24, 2.45) is 0 Å². The number of carbonyl (C=O) groups is 1. The largest absolute Gasteiger partial charge is 0.273 e. The fourth-order valence-corrected chi connectivity index (χ4v) is 3.37. The number of nitrogens with one attached hydrogen (secondary N) is 2. The van der Waals surface area contributed by atoms with Crippen molar-refractivity contribution in [3.05, 3.63) is 55.7 Å². The number of pyridine rings is 1. The van der Waals surface area contributed by atoms with Gasteiger partial charge in [-0.2, -0.15) is 0 Å². The normalized spacial score (nSPS) is 11.3. The summed E-state index contributed by atoms with van der Waals surface area (Å²) in [6.07, 6.45) is 1.05. The summed E-state index contributed by atoms with van der Waals surface area (Å²) in [5.74, 6) is -0.740. The Morgan fingerprint density at radius 3 is 2.48 bits per heavy atom. The number of halogens is 4. The molecule has 0 unspecified atom stereocenters. The molecule has 0 aliphatic rings. The molecule has 0 bridgehead atoms. The molecule has 0 atom stereocenters. The second-order valence-corrected chi connectivity index (χ2v) is 7.87. The Hall–Kier alpha value is -0.900. The molecule has 1 heterocycles. The predicted octanol–water partition coefficient (Wildman–Crippen LogP) is 3.43. The van der Waals surface area contributed by atoms with Crippen LogP contribution < -0.4 is 10.3 Å². The molecule has 2 rings (SSSR count). The van der Waals surface area contributed by atoms with Crippen molar-refractivity contribution in [1.82, 2.24) is 15.2 Å². The van der Waals surface area contributed by atoms with Crippen molar-refractivity contribution in [3.8, 4) is 0 Å². The van der Waals surface area contributed by atoms with E-state index in [9.17, 15) is 13.2 Å². The summed E-state index contributed by atoms with van der Waals surface area (Å²) in [5.41, 5.74) is 2.12. The third-order valence-electron chi connectivity index (χ3n) is 2.56. The Kier molecular flexibility index (Phi) is 5.88. The second-order valence-electron chi connectivity index (χ2n) is 4.13. The van der Waals surface area contributed by atoms with Crippen LogP contribution in [0.1, 0.15) is 10.4 Å². The fourth-order valence-electron chi connectivity index (χ4n) is 1.46. The number of rotatable bonds is 4. The summed E-state index contributed by atoms with van der Waals surface area (Å²) in [6, 6.07) is 5.44. The first kappa shape index (κ1) is 18.4. The van der Waals surface area contributed by atoms with E-state index in [1.807, 2.05) is 4.83 Å². The molecule has 2 N–H and O–H groups in total. The monoisotopic (exact) mass is 457 g/mol. The minimum Gasteiger partial charge on any atom is -0.273 e. The van der Waals surface area contributed by atoms with Crippen molar-refractivity contribution >= 4 is 66.7 Å². The third-order valence-corrected chi connectivity index (χ3v) is 5.45. The maximum Gasteiger partial charge on any atom is 0.267 e. The molecule has 23 heavy (non-hydrogen) atoms. The molecule has 122 valence electrons. The van der Waals surface area contributed by atoms with E-state index in [1.165, 1.54) is 24.3 Å². The number of nitrogens with zero attached hydrogens (tertiary/aromatic N) is 1. The molecule has 0 radical (unpaired) electrons. The summed E-state index contributed by atoms with van der Waals surface area (Å²) in [5, 5.41) is 0.551. The van der Waals surface area contributed by atoms with Gasteiger partial charge in [-0.1, -0.05) is 34.8 Å². The van der Waals surface area contributed by atoms with Gasteiger partial charge in [-0.25, -0.2) is 13.4 Å². The molecule has 1 aromatic heterocycles. The Bertz CT molecular complexity index is 877. The maximum atomic E-state index is 12.1. The first-order valence-corrected chi connectivity index (χ1v) is 9.20. The summed E-state index contributed by atoms with van der Waals surface area (Å²) in [4.78, 5) is 17.4. The van der Waals surface area contributed by atoms with Crippen LogP contribution in [0.4, 0.5) is 0 Å². The summed E-state index contributed by atoms with van der Waals surface area (Å²) < 4.78 is 24.5. The Morgan fingerprint density at radius 1 is 1.17 bits per heavy atom. The van der Waals surface area contributed by atoms with Crippen LogP contribution in [0, 0.1) is 0 Å². The summed E-state index contributed by atoms with van der Waals surface area (Å²) in [7, 11) is -4.03. The number of hydrazine groups is 1. The van der Waals surface area contributed by atoms with E-state index in [2.05, 4.69) is 26.3 Å². The lowest BCUT2D eigenvalue weighted by molar-refractivity contribution is 0.0945. The van der Waals surface area contributed by atoms with Crippen molar-refractivity contribution in [3.63, 3.8) is 0 Å². The van der Waals surface area contributed by atoms with E-state index in [4.69, 9.17) is 34.8 Å². The highest BCUT2D eigenvalue weighted by molar-refractivity contribution is 9.10. The van der Waals surface area contributed by atoms with Crippen LogP contribution in [0.5, 0.6) is 0 Å². The Balaban J connectivity index is 2.15. The standard InChI is InChI=1S/C12H7BrCl3N3O3S/c13-9-4-7(5-17-11(9)16)23(21,22)19-18-12(20)8-2-1-6(14)3-10(8)15/h1-5,19H,(H,18,20). The van der Waals surface area contributed by atoms with Crippen LogP contribution in [0.2, 0.25) is 15.2 Å². The van der Waals surface area contributed by atoms with E-state index in [0.29, 0.717) is 9.50 Å². The fraction of sp³-hybridized carbons (Fsp3) is 0. The molecule has 1 aromatic carbocycles. The minimum absolute atomic E-state index is 0.0641. The minimum atomic E-state index is -4.03. The van der Waals surface area contributed by atoms with Crippen molar-refractivity contribution in [2.75, 3.05) is 0 Å². The molecule has 2 aromatic rings. The lowest BCUT2D eigenvalue weighted by Gasteiger charge is -2.09. The number of aromatic nitrogens is 1. The van der Waals surface area contributed by atoms with Gasteiger partial charge < -0.3 is 0 Å². The van der Waals surface area contributed by atoms with Crippen molar-refractivity contribution < 1.29 is 13.2 Å². The lowest BCUT2D eigenvalue weighted by atomic mass is 10.2. The summed E-state index contributed by atoms with van der Waals surface area (Å²) >= 11 is 20.4. The van der Waals surface area contributed by atoms with Crippen LogP contribution in [0.3, 0.4) is 0 Å². The van der Waals surface area contributed by atoms with Gasteiger partial charge in [0.05, 0.1) is 15.1 Å². The van der Waals surface area contributed by atoms with Gasteiger partial charge in [0, 0.05) is 11.2 Å². The first-order chi connectivity index (χ1) is 10.7. The van der Waals surface area contributed by atoms with Gasteiger partial charge in [0.15, 0.2) is 0 Å². The number of carbonyl (C=O) groups excluding carboxylic acids is 1. The van der Waals surface area contributed by atoms with Gasteiger partial charge in [-0.15, -0.1) is 4.83 Å². The highest BCUT2D eigenvalue weighted by Crippen LogP contribution is 2.23. The van der Waals surface area contributed by atoms with E-state index in [-0.39, 0.29) is 20.6 Å². The van der Waals surface area contributed by atoms with Crippen LogP contribution in [0.15, 0.2) is 39.8 Å². The number of sulfonamides is 1. The van der Waals surface area contributed by atoms with Gasteiger partial charge in [-0.3, -0.25) is 10.2 Å². The Morgan fingerprint density at radius 2 is 1.87 bits per heavy atom. The molecule has 0 saturated carbocycles. The molecule has 0 aliphatic carbocycles. The highest BCUT2D eigenvalue weighted by atomic mass is 79.9. The molecule has 0 saturated heterocycles. The molecule has 6 nitrogen and oxygen atoms in total. The quantitative estimate of drug-likeness (QED) is 0.542. The zero-order chi connectivity index (χ0) is 17.2. The number of hydrogen-bond donors (Lipinski definition) is 2. The van der Waals surface area contributed by atoms with E-state index in [1.54, 1.807) is 0 Å². The number of hydrogen-bond acceptors (Lipinski definition) is 4. The molecule has 0 spiro atoms. The predicted molar refractivity (Wildman–Crippen MR) is 91.2 cm³/mol. The zero-order valence-electron chi connectivity index (χ0n) is 11.0. The van der Waals surface area contributed by atoms with E-state index < -0.39 is 15.9 Å². The summed E-state index contributed by atoms with van der Waals surface area (Å²) in [6.45, 7) is 0. The topological polar surface area (TPSA) is 88.2 Å². The van der Waals surface area contributed by atoms with Gasteiger partial charge in [0.1, 0.15) is 10.0 Å². The maximum absolute atomic E-state index is 12.1. The van der Waals surface area contributed by atoms with E-state index in [0.717, 1.165) is 6.20 Å². The molecular formula is C12H7BrCl3N3O3S. The zero-order valence-corrected chi connectivity index (χ0v) is 15.6. The highest BCUT2D eigenvalue weighted by Gasteiger charge is 2.18. The smallest absolute Gasteiger partial charge is 0.267 e. The molecule has 0 fully saturated rings. The van der Waals surface area contributed by atoms with Gasteiger partial charge >= 0.3 is 0 Å². The average Bonchev–Trinajstić information content (AvgIpc) is 2.47. The lowest BCUT2D eigenvalue weighted by Crippen LogP contribution is -2.41. The van der Waals surface area contributed by atoms with Crippen molar-refractivity contribution in [1.29, 1.82) is 0 Å². The molecular weight excluding hydrogens is 452 g/mol. The average molecular weight is 460 g/mol. The van der Waals surface area contributed by atoms with Crippen LogP contribution >= 0.6 is 50.7 Å². The Labute approximate surface area is 155 Å². The number of benzene rings is 1. The molecule has 0 aliphatic heterocycles. The van der Waals surface area contributed by atoms with Crippen molar-refractivity contribution in [2.45, 2.75) is 4.90 Å². The number of amides is 1. The van der Waals surface area contributed by atoms with Crippen LogP contribution in [-0.4, -0.2) is 19.3 Å². The SMILES string of the molecule is O=C(NNS(=O)(=O)c1cnc(Cl)c(Br)c1)c1ccc(Cl)cc1Cl.